The molecule has 0 unspecified atom stereocenters. The van der Waals surface area contributed by atoms with Gasteiger partial charge in [0.2, 0.25) is 0 Å². The maximum atomic E-state index is 2.45. The van der Waals surface area contributed by atoms with Crippen LogP contribution in [-0.2, 0) is 0 Å². The second kappa shape index (κ2) is 12.2. The van der Waals surface area contributed by atoms with E-state index in [1.807, 2.05) is 0 Å². The Hall–Kier alpha value is -7.16. The lowest BCUT2D eigenvalue weighted by Crippen LogP contribution is -1.95. The fourth-order valence-electron chi connectivity index (χ4n) is 8.53. The molecule has 252 valence electrons. The van der Waals surface area contributed by atoms with Gasteiger partial charge in [0.25, 0.3) is 0 Å². The highest BCUT2D eigenvalue weighted by molar-refractivity contribution is 6.13. The summed E-state index contributed by atoms with van der Waals surface area (Å²) in [5, 5.41) is 7.51. The van der Waals surface area contributed by atoms with Crippen molar-refractivity contribution in [3.05, 3.63) is 206 Å². The van der Waals surface area contributed by atoms with Gasteiger partial charge in [-0.2, -0.15) is 0 Å². The van der Waals surface area contributed by atoms with Gasteiger partial charge in [0.15, 0.2) is 0 Å². The Morgan fingerprint density at radius 3 is 1.30 bits per heavy atom. The molecule has 0 aliphatic heterocycles. The van der Waals surface area contributed by atoms with E-state index in [0.717, 1.165) is 5.69 Å². The number of benzene rings is 9. The molecule has 0 aliphatic rings. The largest absolute Gasteiger partial charge is 0.309 e. The summed E-state index contributed by atoms with van der Waals surface area (Å²) in [5.74, 6) is 0. The van der Waals surface area contributed by atoms with Crippen LogP contribution >= 0.6 is 0 Å². The third-order valence-corrected chi connectivity index (χ3v) is 11.1. The lowest BCUT2D eigenvalue weighted by Gasteiger charge is -2.13. The van der Waals surface area contributed by atoms with Gasteiger partial charge >= 0.3 is 0 Å². The zero-order valence-corrected chi connectivity index (χ0v) is 29.5. The molecule has 0 saturated carbocycles. The molecule has 0 radical (unpaired) electrons. The Morgan fingerprint density at radius 1 is 0.241 bits per heavy atom. The summed E-state index contributed by atoms with van der Waals surface area (Å²) >= 11 is 0. The van der Waals surface area contributed by atoms with Gasteiger partial charge in [-0.05, 0) is 81.2 Å². The topological polar surface area (TPSA) is 9.86 Å². The van der Waals surface area contributed by atoms with Gasteiger partial charge in [-0.25, -0.2) is 0 Å². The molecule has 11 aromatic rings. The summed E-state index contributed by atoms with van der Waals surface area (Å²) in [7, 11) is 0. The first-order valence-electron chi connectivity index (χ1n) is 18.6. The van der Waals surface area contributed by atoms with Crippen LogP contribution in [0.1, 0.15) is 0 Å². The molecule has 0 amide bonds. The van der Waals surface area contributed by atoms with E-state index in [4.69, 9.17) is 0 Å². The highest BCUT2D eigenvalue weighted by atomic mass is 15.0. The molecule has 0 N–H and O–H groups in total. The average Bonchev–Trinajstić information content (AvgIpc) is 3.76. The number of hydrogen-bond donors (Lipinski definition) is 0. The van der Waals surface area contributed by atoms with Crippen molar-refractivity contribution in [2.45, 2.75) is 0 Å². The van der Waals surface area contributed by atoms with Gasteiger partial charge in [-0.1, -0.05) is 164 Å². The lowest BCUT2D eigenvalue weighted by atomic mass is 10.00. The molecule has 54 heavy (non-hydrogen) atoms. The lowest BCUT2D eigenvalue weighted by molar-refractivity contribution is 1.18. The van der Waals surface area contributed by atoms with Crippen LogP contribution in [0.5, 0.6) is 0 Å². The van der Waals surface area contributed by atoms with Crippen LogP contribution in [0, 0.1) is 0 Å². The van der Waals surface area contributed by atoms with E-state index in [2.05, 4.69) is 215 Å². The van der Waals surface area contributed by atoms with E-state index < -0.39 is 0 Å². The molecule has 0 bridgehead atoms. The van der Waals surface area contributed by atoms with E-state index in [1.165, 1.54) is 93.5 Å². The summed E-state index contributed by atoms with van der Waals surface area (Å²) in [5.41, 5.74) is 14.4. The molecule has 2 heterocycles. The summed E-state index contributed by atoms with van der Waals surface area (Å²) in [6.07, 6.45) is 0. The van der Waals surface area contributed by atoms with Crippen molar-refractivity contribution in [1.29, 1.82) is 0 Å². The third-order valence-electron chi connectivity index (χ3n) is 11.1. The van der Waals surface area contributed by atoms with E-state index in [0.29, 0.717) is 0 Å². The van der Waals surface area contributed by atoms with Crippen molar-refractivity contribution >= 4 is 54.4 Å². The molecule has 2 nitrogen and oxygen atoms in total. The summed E-state index contributed by atoms with van der Waals surface area (Å²) in [6, 6.07) is 75.2. The van der Waals surface area contributed by atoms with Crippen LogP contribution < -0.4 is 0 Å². The first-order valence-corrected chi connectivity index (χ1v) is 18.6. The first-order chi connectivity index (χ1) is 26.8. The highest BCUT2D eigenvalue weighted by Crippen LogP contribution is 2.39. The van der Waals surface area contributed by atoms with Gasteiger partial charge in [-0.15, -0.1) is 0 Å². The number of hydrogen-bond acceptors (Lipinski definition) is 0. The SMILES string of the molecule is c1ccc(-c2ccc(-c3ccc(-n4c5ccccc5c5ccc(-c6ccc7c8ccccc8n(-c8cccc9ccccc89)c7c6)cc54)cc3)cc2)cc1. The zero-order chi connectivity index (χ0) is 35.6. The molecule has 11 rings (SSSR count). The van der Waals surface area contributed by atoms with Crippen molar-refractivity contribution in [2.75, 3.05) is 0 Å². The number of aromatic nitrogens is 2. The zero-order valence-electron chi connectivity index (χ0n) is 29.5. The minimum atomic E-state index is 1.15. The van der Waals surface area contributed by atoms with Crippen LogP contribution in [-0.4, -0.2) is 9.13 Å². The maximum absolute atomic E-state index is 2.45. The van der Waals surface area contributed by atoms with E-state index in [-0.39, 0.29) is 0 Å². The van der Waals surface area contributed by atoms with Crippen molar-refractivity contribution in [2.24, 2.45) is 0 Å². The third kappa shape index (κ3) is 4.81. The van der Waals surface area contributed by atoms with Crippen molar-refractivity contribution in [1.82, 2.24) is 9.13 Å². The molecule has 0 aliphatic carbocycles. The number of nitrogens with zero attached hydrogens (tertiary/aromatic N) is 2. The standard InChI is InChI=1S/C52H34N2/c1-2-11-35(12-3-1)36-21-23-37(24-22-36)38-25-29-42(30-26-38)53-49-18-8-6-16-44(49)46-31-27-40(33-51(46)53)41-28-32-47-45-17-7-9-19-50(45)54(52(47)34-41)48-20-10-14-39-13-4-5-15-43(39)48/h1-34H. The van der Waals surface area contributed by atoms with E-state index >= 15 is 0 Å². The summed E-state index contributed by atoms with van der Waals surface area (Å²) in [4.78, 5) is 0. The fraction of sp³-hybridized carbons (Fsp3) is 0. The molecular formula is C52H34N2. The molecule has 0 fully saturated rings. The van der Waals surface area contributed by atoms with Gasteiger partial charge in [0.05, 0.1) is 27.8 Å². The van der Waals surface area contributed by atoms with E-state index in [9.17, 15) is 0 Å². The first kappa shape index (κ1) is 30.5. The predicted molar refractivity (Wildman–Crippen MR) is 229 cm³/mol. The summed E-state index contributed by atoms with van der Waals surface area (Å²) in [6.45, 7) is 0. The molecule has 9 aromatic carbocycles. The number of para-hydroxylation sites is 2. The van der Waals surface area contributed by atoms with Crippen LogP contribution in [0.4, 0.5) is 0 Å². The van der Waals surface area contributed by atoms with Gasteiger partial charge in [0, 0.05) is 32.6 Å². The van der Waals surface area contributed by atoms with Gasteiger partial charge in [-0.3, -0.25) is 0 Å². The van der Waals surface area contributed by atoms with Crippen LogP contribution in [0.25, 0.3) is 99.1 Å². The Bertz CT molecular complexity index is 3180. The predicted octanol–water partition coefficient (Wildman–Crippen LogP) is 14.0. The Labute approximate surface area is 313 Å². The van der Waals surface area contributed by atoms with Gasteiger partial charge < -0.3 is 9.13 Å². The molecule has 2 heteroatoms. The highest BCUT2D eigenvalue weighted by Gasteiger charge is 2.17. The second-order valence-electron chi connectivity index (χ2n) is 14.2. The summed E-state index contributed by atoms with van der Waals surface area (Å²) < 4.78 is 4.87. The number of fused-ring (bicyclic) bond motifs is 7. The molecule has 2 aromatic heterocycles. The van der Waals surface area contributed by atoms with Crippen molar-refractivity contribution < 1.29 is 0 Å². The Balaban J connectivity index is 1.04. The molecular weight excluding hydrogens is 653 g/mol. The maximum Gasteiger partial charge on any atom is 0.0547 e. The second-order valence-corrected chi connectivity index (χ2v) is 14.2. The fourth-order valence-corrected chi connectivity index (χ4v) is 8.53. The van der Waals surface area contributed by atoms with Crippen LogP contribution in [0.2, 0.25) is 0 Å². The monoisotopic (exact) mass is 686 g/mol. The molecule has 0 atom stereocenters. The van der Waals surface area contributed by atoms with E-state index in [1.54, 1.807) is 0 Å². The smallest absolute Gasteiger partial charge is 0.0547 e. The minimum absolute atomic E-state index is 1.15. The number of rotatable bonds is 5. The molecule has 0 spiro atoms. The van der Waals surface area contributed by atoms with Crippen LogP contribution in [0.15, 0.2) is 206 Å². The minimum Gasteiger partial charge on any atom is -0.309 e. The molecule has 0 saturated heterocycles. The van der Waals surface area contributed by atoms with Gasteiger partial charge in [0.1, 0.15) is 0 Å². The quantitative estimate of drug-likeness (QED) is 0.171. The Morgan fingerprint density at radius 2 is 0.667 bits per heavy atom. The van der Waals surface area contributed by atoms with Crippen molar-refractivity contribution in [3.63, 3.8) is 0 Å². The van der Waals surface area contributed by atoms with Crippen LogP contribution in [0.3, 0.4) is 0 Å². The normalized spacial score (nSPS) is 11.7. The van der Waals surface area contributed by atoms with Crippen molar-refractivity contribution in [3.8, 4) is 44.8 Å². The average molecular weight is 687 g/mol. The Kier molecular flexibility index (Phi) is 6.90.